The molecule has 0 bridgehead atoms. The lowest BCUT2D eigenvalue weighted by molar-refractivity contribution is -0.119. The van der Waals surface area contributed by atoms with Gasteiger partial charge in [-0.15, -0.1) is 0 Å². The van der Waals surface area contributed by atoms with E-state index in [4.69, 9.17) is 14.2 Å². The molecule has 0 aliphatic rings. The van der Waals surface area contributed by atoms with E-state index in [1.165, 1.54) is 14.2 Å². The van der Waals surface area contributed by atoms with Crippen molar-refractivity contribution in [2.24, 2.45) is 0 Å². The van der Waals surface area contributed by atoms with Gasteiger partial charge in [0, 0.05) is 34.0 Å². The van der Waals surface area contributed by atoms with Gasteiger partial charge in [-0.2, -0.15) is 0 Å². The summed E-state index contributed by atoms with van der Waals surface area (Å²) in [5.41, 5.74) is 3.07. The summed E-state index contributed by atoms with van der Waals surface area (Å²) in [6.07, 6.45) is 0. The molecule has 0 saturated carbocycles. The largest absolute Gasteiger partial charge is 0.493 e. The molecule has 4 rings (SSSR count). The lowest BCUT2D eigenvalue weighted by Gasteiger charge is -2.12. The summed E-state index contributed by atoms with van der Waals surface area (Å²) in [6, 6.07) is 18.8. The van der Waals surface area contributed by atoms with E-state index >= 15 is 0 Å². The number of carbonyl (C=O) groups is 2. The molecule has 1 aromatic heterocycles. The Labute approximate surface area is 185 Å². The van der Waals surface area contributed by atoms with E-state index in [1.54, 1.807) is 18.2 Å². The highest BCUT2D eigenvalue weighted by atomic mass is 16.5. The molecule has 0 radical (unpaired) electrons. The molecule has 164 valence electrons. The Hall–Kier alpha value is -4.00. The number of carbonyl (C=O) groups excluding carboxylic acids is 2. The lowest BCUT2D eigenvalue weighted by atomic mass is 10.1. The Morgan fingerprint density at radius 1 is 0.906 bits per heavy atom. The Kier molecular flexibility index (Phi) is 5.98. The second kappa shape index (κ2) is 9.01. The summed E-state index contributed by atoms with van der Waals surface area (Å²) in [6.45, 7) is 2.53. The maximum absolute atomic E-state index is 12.5. The minimum absolute atomic E-state index is 0.188. The first kappa shape index (κ1) is 21.2. The quantitative estimate of drug-likeness (QED) is 0.431. The number of amides is 1. The van der Waals surface area contributed by atoms with Crippen LogP contribution < -0.4 is 14.8 Å². The van der Waals surface area contributed by atoms with E-state index in [0.717, 1.165) is 28.4 Å². The van der Waals surface area contributed by atoms with Crippen molar-refractivity contribution in [1.29, 1.82) is 0 Å². The smallest absolute Gasteiger partial charge is 0.342 e. The number of hydrogen-bond donors (Lipinski definition) is 1. The summed E-state index contributed by atoms with van der Waals surface area (Å²) in [7, 11) is 2.92. The molecule has 0 fully saturated rings. The molecule has 32 heavy (non-hydrogen) atoms. The van der Waals surface area contributed by atoms with Crippen LogP contribution in [0, 0.1) is 0 Å². The van der Waals surface area contributed by atoms with Gasteiger partial charge < -0.3 is 24.1 Å². The second-order valence-electron chi connectivity index (χ2n) is 7.16. The van der Waals surface area contributed by atoms with Crippen LogP contribution >= 0.6 is 0 Å². The van der Waals surface area contributed by atoms with Gasteiger partial charge >= 0.3 is 5.97 Å². The van der Waals surface area contributed by atoms with E-state index in [0.29, 0.717) is 11.4 Å². The van der Waals surface area contributed by atoms with Crippen LogP contribution in [-0.4, -0.2) is 37.3 Å². The second-order valence-corrected chi connectivity index (χ2v) is 7.16. The minimum atomic E-state index is -0.669. The Morgan fingerprint density at radius 3 is 2.44 bits per heavy atom. The Bertz CT molecular complexity index is 1310. The van der Waals surface area contributed by atoms with Gasteiger partial charge in [-0.05, 0) is 43.3 Å². The molecule has 4 aromatic rings. The van der Waals surface area contributed by atoms with Crippen LogP contribution in [0.3, 0.4) is 0 Å². The highest BCUT2D eigenvalue weighted by Crippen LogP contribution is 2.32. The van der Waals surface area contributed by atoms with E-state index in [-0.39, 0.29) is 11.3 Å². The first-order chi connectivity index (χ1) is 15.6. The zero-order chi connectivity index (χ0) is 22.7. The molecular weight excluding hydrogens is 408 g/mol. The molecule has 0 spiro atoms. The number of ether oxygens (including phenoxy) is 3. The highest BCUT2D eigenvalue weighted by Gasteiger charge is 2.19. The molecule has 7 nitrogen and oxygen atoms in total. The summed E-state index contributed by atoms with van der Waals surface area (Å²) >= 11 is 0. The average Bonchev–Trinajstić information content (AvgIpc) is 3.14. The first-order valence-corrected chi connectivity index (χ1v) is 10.3. The van der Waals surface area contributed by atoms with Gasteiger partial charge in [0.15, 0.2) is 18.1 Å². The van der Waals surface area contributed by atoms with E-state index in [9.17, 15) is 9.59 Å². The predicted molar refractivity (Wildman–Crippen MR) is 124 cm³/mol. The van der Waals surface area contributed by atoms with Gasteiger partial charge in [-0.3, -0.25) is 4.79 Å². The SMILES string of the molecule is CCn1c2ccccc2c2cc(NC(=O)COC(=O)c3cccc(OC)c3OC)ccc21. The van der Waals surface area contributed by atoms with Crippen LogP contribution in [0.5, 0.6) is 11.5 Å². The Balaban J connectivity index is 1.49. The molecule has 1 N–H and O–H groups in total. The molecule has 7 heteroatoms. The third-order valence-electron chi connectivity index (χ3n) is 5.33. The number of hydrogen-bond acceptors (Lipinski definition) is 5. The van der Waals surface area contributed by atoms with Gasteiger partial charge in [-0.1, -0.05) is 24.3 Å². The van der Waals surface area contributed by atoms with Crippen LogP contribution in [0.1, 0.15) is 17.3 Å². The van der Waals surface area contributed by atoms with Crippen molar-refractivity contribution in [3.05, 3.63) is 66.2 Å². The standard InChI is InChI=1S/C25H24N2O5/c1-4-27-20-10-6-5-8-17(20)19-14-16(12-13-21(19)27)26-23(28)15-32-25(29)18-9-7-11-22(30-2)24(18)31-3/h5-14H,4,15H2,1-3H3,(H,26,28). The number of benzene rings is 3. The molecule has 0 saturated heterocycles. The van der Waals surface area contributed by atoms with E-state index < -0.39 is 18.5 Å². The number of aryl methyl sites for hydroxylation is 1. The van der Waals surface area contributed by atoms with Crippen molar-refractivity contribution in [2.45, 2.75) is 13.5 Å². The maximum atomic E-state index is 12.5. The van der Waals surface area contributed by atoms with Crippen molar-refractivity contribution in [1.82, 2.24) is 4.57 Å². The van der Waals surface area contributed by atoms with Crippen LogP contribution in [0.2, 0.25) is 0 Å². The number of para-hydroxylation sites is 2. The fourth-order valence-electron chi connectivity index (χ4n) is 3.93. The molecule has 0 aliphatic carbocycles. The monoisotopic (exact) mass is 432 g/mol. The van der Waals surface area contributed by atoms with Gasteiger partial charge in [0.2, 0.25) is 0 Å². The van der Waals surface area contributed by atoms with Gasteiger partial charge in [0.05, 0.1) is 14.2 Å². The molecular formula is C25H24N2O5. The van der Waals surface area contributed by atoms with Gasteiger partial charge in [-0.25, -0.2) is 4.79 Å². The molecule has 1 heterocycles. The molecule has 3 aromatic carbocycles. The third kappa shape index (κ3) is 3.85. The number of nitrogens with one attached hydrogen (secondary N) is 1. The van der Waals surface area contributed by atoms with Gasteiger partial charge in [0.1, 0.15) is 5.56 Å². The third-order valence-corrected chi connectivity index (χ3v) is 5.33. The first-order valence-electron chi connectivity index (χ1n) is 10.3. The fourth-order valence-corrected chi connectivity index (χ4v) is 3.93. The molecule has 1 amide bonds. The van der Waals surface area contributed by atoms with Crippen molar-refractivity contribution in [3.63, 3.8) is 0 Å². The maximum Gasteiger partial charge on any atom is 0.342 e. The zero-order valence-electron chi connectivity index (χ0n) is 18.2. The average molecular weight is 432 g/mol. The topological polar surface area (TPSA) is 78.8 Å². The summed E-state index contributed by atoms with van der Waals surface area (Å²) in [4.78, 5) is 24.9. The van der Waals surface area contributed by atoms with Crippen molar-refractivity contribution < 1.29 is 23.8 Å². The van der Waals surface area contributed by atoms with Crippen molar-refractivity contribution in [2.75, 3.05) is 26.1 Å². The predicted octanol–water partition coefficient (Wildman–Crippen LogP) is 4.63. The summed E-state index contributed by atoms with van der Waals surface area (Å²) in [5.74, 6) is -0.430. The van der Waals surface area contributed by atoms with Crippen LogP contribution in [0.15, 0.2) is 60.7 Å². The minimum Gasteiger partial charge on any atom is -0.493 e. The number of aromatic nitrogens is 1. The zero-order valence-corrected chi connectivity index (χ0v) is 18.2. The fraction of sp³-hybridized carbons (Fsp3) is 0.200. The van der Waals surface area contributed by atoms with Gasteiger partial charge in [0.25, 0.3) is 5.91 Å². The number of nitrogens with zero attached hydrogens (tertiary/aromatic N) is 1. The number of esters is 1. The normalized spacial score (nSPS) is 10.8. The number of rotatable bonds is 7. The molecule has 0 unspecified atom stereocenters. The molecule has 0 aliphatic heterocycles. The van der Waals surface area contributed by atoms with Crippen molar-refractivity contribution >= 4 is 39.4 Å². The van der Waals surface area contributed by atoms with Crippen LogP contribution in [0.4, 0.5) is 5.69 Å². The highest BCUT2D eigenvalue weighted by molar-refractivity contribution is 6.10. The summed E-state index contributed by atoms with van der Waals surface area (Å²) in [5, 5.41) is 4.98. The number of methoxy groups -OCH3 is 2. The van der Waals surface area contributed by atoms with Crippen LogP contribution in [-0.2, 0) is 16.1 Å². The molecule has 0 atom stereocenters. The lowest BCUT2D eigenvalue weighted by Crippen LogP contribution is -2.21. The van der Waals surface area contributed by atoms with Crippen molar-refractivity contribution in [3.8, 4) is 11.5 Å². The summed E-state index contributed by atoms with van der Waals surface area (Å²) < 4.78 is 17.9. The van der Waals surface area contributed by atoms with E-state index in [2.05, 4.69) is 28.9 Å². The number of fused-ring (bicyclic) bond motifs is 3. The Morgan fingerprint density at radius 2 is 1.69 bits per heavy atom. The van der Waals surface area contributed by atoms with Crippen LogP contribution in [0.25, 0.3) is 21.8 Å². The number of anilines is 1. The van der Waals surface area contributed by atoms with E-state index in [1.807, 2.05) is 30.3 Å².